The van der Waals surface area contributed by atoms with Crippen molar-refractivity contribution in [2.45, 2.75) is 45.7 Å². The quantitative estimate of drug-likeness (QED) is 0.548. The number of aromatic nitrogens is 3. The second-order valence-corrected chi connectivity index (χ2v) is 8.63. The molecule has 2 aromatic rings. The molecular weight excluding hydrogens is 394 g/mol. The number of nitrogens with zero attached hydrogens (tertiary/aromatic N) is 4. The molecule has 8 nitrogen and oxygen atoms in total. The van der Waals surface area contributed by atoms with Crippen LogP contribution in [0.15, 0.2) is 49.1 Å². The maximum absolute atomic E-state index is 13.2. The van der Waals surface area contributed by atoms with Gasteiger partial charge >= 0.3 is 0 Å². The van der Waals surface area contributed by atoms with Gasteiger partial charge in [0, 0.05) is 5.69 Å². The van der Waals surface area contributed by atoms with Crippen molar-refractivity contribution in [2.24, 2.45) is 17.8 Å². The predicted octanol–water partition coefficient (Wildman–Crippen LogP) is 2.63. The number of hydrogen-bond donors (Lipinski definition) is 1. The van der Waals surface area contributed by atoms with Gasteiger partial charge in [0.1, 0.15) is 18.7 Å². The number of carbonyl (C=O) groups is 3. The van der Waals surface area contributed by atoms with Gasteiger partial charge in [0.25, 0.3) is 0 Å². The summed E-state index contributed by atoms with van der Waals surface area (Å²) in [5, 5.41) is 6.98. The predicted molar refractivity (Wildman–Crippen MR) is 115 cm³/mol. The third-order valence-corrected chi connectivity index (χ3v) is 5.88. The zero-order valence-electron chi connectivity index (χ0n) is 17.8. The summed E-state index contributed by atoms with van der Waals surface area (Å²) in [6, 6.07) is 6.63. The first-order valence-corrected chi connectivity index (χ1v) is 10.7. The Bertz CT molecular complexity index is 955. The first-order valence-electron chi connectivity index (χ1n) is 10.7. The van der Waals surface area contributed by atoms with Crippen LogP contribution in [0.1, 0.15) is 38.7 Å². The van der Waals surface area contributed by atoms with Crippen molar-refractivity contribution in [3.8, 4) is 0 Å². The molecule has 8 heteroatoms. The highest BCUT2D eigenvalue weighted by molar-refractivity contribution is 6.10. The maximum atomic E-state index is 13.2. The Kier molecular flexibility index (Phi) is 5.97. The number of benzene rings is 1. The summed E-state index contributed by atoms with van der Waals surface area (Å²) >= 11 is 0. The molecule has 1 saturated heterocycles. The van der Waals surface area contributed by atoms with Crippen molar-refractivity contribution in [1.29, 1.82) is 0 Å². The molecule has 2 heterocycles. The lowest BCUT2D eigenvalue weighted by atomic mass is 9.85. The van der Waals surface area contributed by atoms with E-state index in [0.29, 0.717) is 31.5 Å². The summed E-state index contributed by atoms with van der Waals surface area (Å²) in [5.74, 6) is -1.29. The fourth-order valence-electron chi connectivity index (χ4n) is 4.33. The zero-order valence-corrected chi connectivity index (χ0v) is 17.8. The fourth-order valence-corrected chi connectivity index (χ4v) is 4.33. The Hall–Kier alpha value is -3.29. The van der Waals surface area contributed by atoms with Gasteiger partial charge in [-0.2, -0.15) is 5.10 Å². The molecule has 1 N–H and O–H groups in total. The molecule has 0 spiro atoms. The fraction of sp³-hybridized carbons (Fsp3) is 0.435. The summed E-state index contributed by atoms with van der Waals surface area (Å²) in [6.07, 6.45) is 8.59. The first-order chi connectivity index (χ1) is 14.9. The largest absolute Gasteiger partial charge is 0.324 e. The molecule has 162 valence electrons. The van der Waals surface area contributed by atoms with Crippen LogP contribution in [-0.2, 0) is 20.9 Å². The molecule has 1 aliphatic heterocycles. The molecule has 0 bridgehead atoms. The van der Waals surface area contributed by atoms with E-state index in [1.54, 1.807) is 11.0 Å². The molecular formula is C23H27N5O3. The topological polar surface area (TPSA) is 97.2 Å². The van der Waals surface area contributed by atoms with Gasteiger partial charge in [-0.05, 0) is 42.9 Å². The number of likely N-dealkylation sites (tertiary alicyclic amines) is 1. The van der Waals surface area contributed by atoms with Gasteiger partial charge < -0.3 is 5.32 Å². The third-order valence-electron chi connectivity index (χ3n) is 5.88. The van der Waals surface area contributed by atoms with Crippen LogP contribution in [0.2, 0.25) is 0 Å². The van der Waals surface area contributed by atoms with Gasteiger partial charge in [0.15, 0.2) is 0 Å². The van der Waals surface area contributed by atoms with E-state index in [0.717, 1.165) is 5.56 Å². The highest BCUT2D eigenvalue weighted by atomic mass is 16.2. The Morgan fingerprint density at radius 1 is 1.10 bits per heavy atom. The van der Waals surface area contributed by atoms with Crippen molar-refractivity contribution in [3.63, 3.8) is 0 Å². The number of carbonyl (C=O) groups excluding carboxylic acids is 3. The minimum atomic E-state index is -0.805. The van der Waals surface area contributed by atoms with Crippen molar-refractivity contribution in [1.82, 2.24) is 19.7 Å². The minimum absolute atomic E-state index is 0.155. The van der Waals surface area contributed by atoms with Crippen LogP contribution in [0.5, 0.6) is 0 Å². The SMILES string of the molecule is CC(C)C[C@@H](C(=O)Nc1ccc(Cn2cncn2)cc1)N1C(=O)[C@H]2CC=CC[C@H]2C1=O. The summed E-state index contributed by atoms with van der Waals surface area (Å²) in [5.41, 5.74) is 1.64. The number of amides is 3. The van der Waals surface area contributed by atoms with E-state index < -0.39 is 6.04 Å². The van der Waals surface area contributed by atoms with Crippen LogP contribution in [0.4, 0.5) is 5.69 Å². The molecule has 4 rings (SSSR count). The third kappa shape index (κ3) is 4.42. The van der Waals surface area contributed by atoms with Gasteiger partial charge in [0.05, 0.1) is 18.4 Å². The van der Waals surface area contributed by atoms with Crippen molar-refractivity contribution >= 4 is 23.4 Å². The van der Waals surface area contributed by atoms with Crippen molar-refractivity contribution in [2.75, 3.05) is 5.32 Å². The van der Waals surface area contributed by atoms with Crippen LogP contribution in [0.25, 0.3) is 0 Å². The lowest BCUT2D eigenvalue weighted by Gasteiger charge is -2.27. The van der Waals surface area contributed by atoms with Crippen molar-refractivity contribution < 1.29 is 14.4 Å². The maximum Gasteiger partial charge on any atom is 0.247 e. The number of fused-ring (bicyclic) bond motifs is 1. The van der Waals surface area contributed by atoms with E-state index in [-0.39, 0.29) is 35.5 Å². The Balaban J connectivity index is 1.48. The lowest BCUT2D eigenvalue weighted by Crippen LogP contribution is -2.48. The van der Waals surface area contributed by atoms with Gasteiger partial charge in [-0.15, -0.1) is 0 Å². The van der Waals surface area contributed by atoms with E-state index in [4.69, 9.17) is 0 Å². The van der Waals surface area contributed by atoms with E-state index in [1.807, 2.05) is 50.3 Å². The Labute approximate surface area is 181 Å². The summed E-state index contributed by atoms with van der Waals surface area (Å²) in [4.78, 5) is 44.3. The van der Waals surface area contributed by atoms with Gasteiger partial charge in [-0.3, -0.25) is 19.3 Å². The zero-order chi connectivity index (χ0) is 22.0. The van der Waals surface area contributed by atoms with Crippen LogP contribution < -0.4 is 5.32 Å². The summed E-state index contributed by atoms with van der Waals surface area (Å²) < 4.78 is 1.71. The molecule has 0 radical (unpaired) electrons. The van der Waals surface area contributed by atoms with Gasteiger partial charge in [-0.1, -0.05) is 38.1 Å². The van der Waals surface area contributed by atoms with Crippen LogP contribution >= 0.6 is 0 Å². The molecule has 1 aromatic carbocycles. The average Bonchev–Trinajstić information content (AvgIpc) is 3.35. The summed E-state index contributed by atoms with van der Waals surface area (Å²) in [7, 11) is 0. The van der Waals surface area contributed by atoms with Crippen LogP contribution in [0.3, 0.4) is 0 Å². The molecule has 0 unspecified atom stereocenters. The van der Waals surface area contributed by atoms with E-state index in [2.05, 4.69) is 15.4 Å². The van der Waals surface area contributed by atoms with Crippen molar-refractivity contribution in [3.05, 3.63) is 54.6 Å². The standard InChI is InChI=1S/C23H27N5O3/c1-15(2)11-20(28-22(30)18-5-3-4-6-19(18)23(28)31)21(29)26-17-9-7-16(8-10-17)12-27-14-24-13-25-27/h3-4,7-10,13-15,18-20H,5-6,11-12H2,1-2H3,(H,26,29)/t18-,19+,20-/m0/s1. The molecule has 1 aliphatic carbocycles. The highest BCUT2D eigenvalue weighted by Gasteiger charge is 2.51. The normalized spacial score (nSPS) is 21.5. The molecule has 3 atom stereocenters. The number of nitrogens with one attached hydrogen (secondary N) is 1. The number of allylic oxidation sites excluding steroid dienone is 2. The molecule has 1 fully saturated rings. The minimum Gasteiger partial charge on any atom is -0.324 e. The molecule has 1 aromatic heterocycles. The van der Waals surface area contributed by atoms with E-state index in [9.17, 15) is 14.4 Å². The average molecular weight is 422 g/mol. The Morgan fingerprint density at radius 2 is 1.74 bits per heavy atom. The first kappa shape index (κ1) is 21.0. The second kappa shape index (κ2) is 8.83. The molecule has 0 saturated carbocycles. The smallest absolute Gasteiger partial charge is 0.247 e. The lowest BCUT2D eigenvalue weighted by molar-refractivity contribution is -0.147. The van der Waals surface area contributed by atoms with Crippen LogP contribution in [-0.4, -0.2) is 43.4 Å². The highest BCUT2D eigenvalue weighted by Crippen LogP contribution is 2.37. The molecule has 3 amide bonds. The van der Waals surface area contributed by atoms with E-state index >= 15 is 0 Å². The molecule has 2 aliphatic rings. The van der Waals surface area contributed by atoms with E-state index in [1.165, 1.54) is 11.2 Å². The van der Waals surface area contributed by atoms with Gasteiger partial charge in [0.2, 0.25) is 17.7 Å². The number of hydrogen-bond acceptors (Lipinski definition) is 5. The molecule has 31 heavy (non-hydrogen) atoms. The number of anilines is 1. The summed E-state index contributed by atoms with van der Waals surface area (Å²) in [6.45, 7) is 4.55. The Morgan fingerprint density at radius 3 is 2.29 bits per heavy atom. The number of imide groups is 1. The van der Waals surface area contributed by atoms with Gasteiger partial charge in [-0.25, -0.2) is 9.67 Å². The van der Waals surface area contributed by atoms with Crippen LogP contribution in [0, 0.1) is 17.8 Å². The monoisotopic (exact) mass is 421 g/mol. The second-order valence-electron chi connectivity index (χ2n) is 8.63. The number of rotatable bonds is 7.